The smallest absolute Gasteiger partial charge is 0.0713 e. The van der Waals surface area contributed by atoms with Gasteiger partial charge in [-0.1, -0.05) is 188 Å². The second-order valence-electron chi connectivity index (χ2n) is 14.8. The molecule has 1 nitrogen and oxygen atoms in total. The van der Waals surface area contributed by atoms with E-state index in [1.807, 2.05) is 11.3 Å². The average molecular weight is 744 g/mol. The zero-order valence-electron chi connectivity index (χ0n) is 31.2. The van der Waals surface area contributed by atoms with Gasteiger partial charge in [0.25, 0.3) is 0 Å². The fraction of sp³-hybridized carbons (Fsp3) is 0.0182. The summed E-state index contributed by atoms with van der Waals surface area (Å²) >= 11 is 1.88. The number of thiophene rings is 1. The highest BCUT2D eigenvalue weighted by atomic mass is 32.1. The number of para-hydroxylation sites is 1. The van der Waals surface area contributed by atoms with Crippen LogP contribution in [0, 0.1) is 0 Å². The fourth-order valence-corrected chi connectivity index (χ4v) is 10.6. The fourth-order valence-electron chi connectivity index (χ4n) is 9.32. The quantitative estimate of drug-likeness (QED) is 0.157. The number of hydrogen-bond acceptors (Lipinski definition) is 2. The molecule has 2 heteroatoms. The topological polar surface area (TPSA) is 3.24 Å². The molecule has 0 spiro atoms. The molecule has 0 N–H and O–H groups in total. The maximum Gasteiger partial charge on any atom is 0.0713 e. The lowest BCUT2D eigenvalue weighted by Gasteiger charge is -2.34. The predicted octanol–water partition coefficient (Wildman–Crippen LogP) is 15.2. The first-order chi connectivity index (χ1) is 28.3. The molecule has 268 valence electrons. The first kappa shape index (κ1) is 33.3. The van der Waals surface area contributed by atoms with Crippen molar-refractivity contribution in [1.29, 1.82) is 0 Å². The van der Waals surface area contributed by atoms with Crippen molar-refractivity contribution in [2.45, 2.75) is 5.41 Å². The Balaban J connectivity index is 1.11. The Labute approximate surface area is 337 Å². The Bertz CT molecular complexity index is 3020. The summed E-state index contributed by atoms with van der Waals surface area (Å²) in [6, 6.07) is 82.4. The van der Waals surface area contributed by atoms with Crippen LogP contribution in [0.4, 0.5) is 17.1 Å². The number of hydrogen-bond donors (Lipinski definition) is 0. The number of rotatable bonds is 7. The van der Waals surface area contributed by atoms with Crippen molar-refractivity contribution in [3.8, 4) is 33.4 Å². The van der Waals surface area contributed by atoms with Crippen molar-refractivity contribution in [2.24, 2.45) is 0 Å². The van der Waals surface area contributed by atoms with Gasteiger partial charge in [-0.25, -0.2) is 0 Å². The van der Waals surface area contributed by atoms with Crippen molar-refractivity contribution in [3.05, 3.63) is 247 Å². The molecule has 0 radical (unpaired) electrons. The van der Waals surface area contributed by atoms with Crippen LogP contribution < -0.4 is 4.90 Å². The van der Waals surface area contributed by atoms with Gasteiger partial charge in [0.1, 0.15) is 0 Å². The first-order valence-electron chi connectivity index (χ1n) is 19.6. The van der Waals surface area contributed by atoms with Crippen molar-refractivity contribution >= 4 is 48.6 Å². The van der Waals surface area contributed by atoms with Crippen molar-refractivity contribution in [1.82, 2.24) is 0 Å². The van der Waals surface area contributed by atoms with Crippen molar-refractivity contribution in [2.75, 3.05) is 4.90 Å². The average Bonchev–Trinajstić information content (AvgIpc) is 3.82. The van der Waals surface area contributed by atoms with E-state index in [0.717, 1.165) is 17.1 Å². The molecule has 0 bridgehead atoms. The summed E-state index contributed by atoms with van der Waals surface area (Å²) in [5.41, 5.74) is 15.4. The highest BCUT2D eigenvalue weighted by Gasteiger charge is 2.45. The first-order valence-corrected chi connectivity index (χ1v) is 20.4. The normalized spacial score (nSPS) is 12.7. The Kier molecular flexibility index (Phi) is 7.98. The number of fused-ring (bicyclic) bond motifs is 6. The third-order valence-corrected chi connectivity index (χ3v) is 13.0. The van der Waals surface area contributed by atoms with Crippen LogP contribution in [0.3, 0.4) is 0 Å². The molecule has 1 aliphatic rings. The monoisotopic (exact) mass is 743 g/mol. The van der Waals surface area contributed by atoms with E-state index < -0.39 is 5.41 Å². The van der Waals surface area contributed by atoms with E-state index in [4.69, 9.17) is 0 Å². The van der Waals surface area contributed by atoms with Gasteiger partial charge in [-0.2, -0.15) is 0 Å². The third-order valence-electron chi connectivity index (χ3n) is 11.8. The Morgan fingerprint density at radius 1 is 0.351 bits per heavy atom. The van der Waals surface area contributed by atoms with Crippen LogP contribution in [0.15, 0.2) is 224 Å². The SMILES string of the molecule is c1ccc(-c2ccccc2N(c2ccc(C3(c4ccccc4)c4ccccc4-c4ccccc43)cc2)c2cccc(-c3cccc4c3sc3ccccc34)c2)cc1. The van der Waals surface area contributed by atoms with Gasteiger partial charge >= 0.3 is 0 Å². The molecule has 1 aliphatic carbocycles. The van der Waals surface area contributed by atoms with Crippen LogP contribution >= 0.6 is 11.3 Å². The lowest BCUT2D eigenvalue weighted by Crippen LogP contribution is -2.28. The maximum atomic E-state index is 2.44. The largest absolute Gasteiger partial charge is 0.310 e. The second kappa shape index (κ2) is 13.6. The molecule has 0 unspecified atom stereocenters. The lowest BCUT2D eigenvalue weighted by atomic mass is 9.68. The van der Waals surface area contributed by atoms with Gasteiger partial charge in [-0.05, 0) is 86.5 Å². The molecule has 11 rings (SSSR count). The molecular formula is C55H37NS. The minimum absolute atomic E-state index is 0.456. The van der Waals surface area contributed by atoms with Gasteiger partial charge in [0.05, 0.1) is 11.1 Å². The molecular weight excluding hydrogens is 707 g/mol. The molecule has 0 saturated heterocycles. The van der Waals surface area contributed by atoms with Crippen LogP contribution in [-0.4, -0.2) is 0 Å². The Morgan fingerprint density at radius 3 is 1.65 bits per heavy atom. The zero-order chi connectivity index (χ0) is 37.8. The lowest BCUT2D eigenvalue weighted by molar-refractivity contribution is 0.768. The maximum absolute atomic E-state index is 2.44. The summed E-state index contributed by atoms with van der Waals surface area (Å²) < 4.78 is 2.63. The molecule has 57 heavy (non-hydrogen) atoms. The summed E-state index contributed by atoms with van der Waals surface area (Å²) in [5, 5.41) is 2.62. The van der Waals surface area contributed by atoms with E-state index >= 15 is 0 Å². The van der Waals surface area contributed by atoms with E-state index in [9.17, 15) is 0 Å². The predicted molar refractivity (Wildman–Crippen MR) is 242 cm³/mol. The summed E-state index contributed by atoms with van der Waals surface area (Å²) in [6.07, 6.45) is 0. The summed E-state index contributed by atoms with van der Waals surface area (Å²) in [5.74, 6) is 0. The molecule has 0 saturated carbocycles. The number of nitrogens with zero attached hydrogens (tertiary/aromatic N) is 1. The Morgan fingerprint density at radius 2 is 0.895 bits per heavy atom. The summed E-state index contributed by atoms with van der Waals surface area (Å²) in [6.45, 7) is 0. The molecule has 1 aromatic heterocycles. The van der Waals surface area contributed by atoms with E-state index in [0.29, 0.717) is 0 Å². The van der Waals surface area contributed by atoms with Gasteiger partial charge in [0.2, 0.25) is 0 Å². The zero-order valence-corrected chi connectivity index (χ0v) is 32.0. The van der Waals surface area contributed by atoms with E-state index in [-0.39, 0.29) is 0 Å². The van der Waals surface area contributed by atoms with Crippen LogP contribution in [0.5, 0.6) is 0 Å². The Hall–Kier alpha value is -7.00. The molecule has 0 aliphatic heterocycles. The highest BCUT2D eigenvalue weighted by Crippen LogP contribution is 2.56. The standard InChI is InChI=1S/C55H37NS/c1-3-17-38(18-4-1)44-23-9-13-31-52(44)56(43-22-15-19-39(37-43)45-27-16-28-49-48-26-10-14-32-53(48)57-54(45)49)42-35-33-41(34-36-42)55(40-20-5-2-6-21-40)50-29-11-7-24-46(50)47-25-8-12-30-51(47)55/h1-37H. The molecule has 9 aromatic carbocycles. The van der Waals surface area contributed by atoms with E-state index in [2.05, 4.69) is 229 Å². The molecule has 1 heterocycles. The van der Waals surface area contributed by atoms with Crippen LogP contribution in [-0.2, 0) is 5.41 Å². The molecule has 0 fully saturated rings. The van der Waals surface area contributed by atoms with Crippen molar-refractivity contribution < 1.29 is 0 Å². The second-order valence-corrected chi connectivity index (χ2v) is 15.9. The van der Waals surface area contributed by atoms with Gasteiger partial charge in [0.15, 0.2) is 0 Å². The molecule has 0 amide bonds. The van der Waals surface area contributed by atoms with Gasteiger partial charge in [-0.3, -0.25) is 0 Å². The minimum Gasteiger partial charge on any atom is -0.310 e. The van der Waals surface area contributed by atoms with Crippen LogP contribution in [0.25, 0.3) is 53.6 Å². The number of benzene rings is 9. The van der Waals surface area contributed by atoms with Gasteiger partial charge in [0, 0.05) is 37.1 Å². The van der Waals surface area contributed by atoms with Gasteiger partial charge < -0.3 is 4.90 Å². The van der Waals surface area contributed by atoms with Crippen molar-refractivity contribution in [3.63, 3.8) is 0 Å². The molecule has 10 aromatic rings. The molecule has 0 atom stereocenters. The number of anilines is 3. The minimum atomic E-state index is -0.456. The summed E-state index contributed by atoms with van der Waals surface area (Å²) in [4.78, 5) is 2.44. The van der Waals surface area contributed by atoms with E-state index in [1.165, 1.54) is 75.8 Å². The van der Waals surface area contributed by atoms with Gasteiger partial charge in [-0.15, -0.1) is 11.3 Å². The van der Waals surface area contributed by atoms with E-state index in [1.54, 1.807) is 0 Å². The highest BCUT2D eigenvalue weighted by molar-refractivity contribution is 7.26. The van der Waals surface area contributed by atoms with Crippen LogP contribution in [0.1, 0.15) is 22.3 Å². The summed E-state index contributed by atoms with van der Waals surface area (Å²) in [7, 11) is 0. The third kappa shape index (κ3) is 5.29. The van der Waals surface area contributed by atoms with Crippen LogP contribution in [0.2, 0.25) is 0 Å².